The maximum absolute atomic E-state index is 5.85. The van der Waals surface area contributed by atoms with Crippen LogP contribution in [-0.4, -0.2) is 31.1 Å². The Balaban J connectivity index is 2.35. The Bertz CT molecular complexity index is 354. The van der Waals surface area contributed by atoms with Crippen molar-refractivity contribution >= 4 is 17.3 Å². The zero-order valence-electron chi connectivity index (χ0n) is 12.1. The van der Waals surface area contributed by atoms with Crippen molar-refractivity contribution in [1.82, 2.24) is 4.90 Å². The molecule has 1 N–H and O–H groups in total. The van der Waals surface area contributed by atoms with Gasteiger partial charge in [-0.05, 0) is 43.7 Å². The molecule has 0 aliphatic carbocycles. The molecule has 1 unspecified atom stereocenters. The van der Waals surface area contributed by atoms with Crippen molar-refractivity contribution in [3.8, 4) is 0 Å². The van der Waals surface area contributed by atoms with Crippen LogP contribution in [-0.2, 0) is 0 Å². The van der Waals surface area contributed by atoms with Gasteiger partial charge in [0.2, 0.25) is 0 Å². The molecule has 0 amide bonds. The average Bonchev–Trinajstić information content (AvgIpc) is 2.29. The molecule has 1 aromatic carbocycles. The topological polar surface area (TPSA) is 15.3 Å². The molecule has 0 radical (unpaired) electrons. The molecule has 0 saturated heterocycles. The fourth-order valence-electron chi connectivity index (χ4n) is 1.80. The van der Waals surface area contributed by atoms with Gasteiger partial charge in [-0.2, -0.15) is 0 Å². The van der Waals surface area contributed by atoms with Crippen LogP contribution in [0.3, 0.4) is 0 Å². The number of hydrogen-bond donors (Lipinski definition) is 1. The molecule has 0 saturated carbocycles. The summed E-state index contributed by atoms with van der Waals surface area (Å²) in [6.45, 7) is 11.1. The number of halogens is 1. The average molecular weight is 269 g/mol. The van der Waals surface area contributed by atoms with Crippen LogP contribution in [0, 0.1) is 5.41 Å². The van der Waals surface area contributed by atoms with Crippen LogP contribution < -0.4 is 5.32 Å². The highest BCUT2D eigenvalue weighted by Crippen LogP contribution is 2.22. The Kier molecular flexibility index (Phi) is 5.48. The second-order valence-electron chi connectivity index (χ2n) is 5.96. The maximum atomic E-state index is 5.85. The maximum Gasteiger partial charge on any atom is 0.0407 e. The number of likely N-dealkylation sites (N-methyl/N-ethyl adjacent to an activating group) is 1. The summed E-state index contributed by atoms with van der Waals surface area (Å²) in [5.74, 6) is 0. The largest absolute Gasteiger partial charge is 0.384 e. The molecule has 0 heterocycles. The summed E-state index contributed by atoms with van der Waals surface area (Å²) in [5, 5.41) is 4.19. The van der Waals surface area contributed by atoms with Crippen molar-refractivity contribution in [3.63, 3.8) is 0 Å². The Morgan fingerprint density at radius 3 is 2.28 bits per heavy atom. The van der Waals surface area contributed by atoms with Crippen LogP contribution in [0.5, 0.6) is 0 Å². The zero-order valence-corrected chi connectivity index (χ0v) is 12.9. The number of anilines is 1. The molecule has 0 bridgehead atoms. The van der Waals surface area contributed by atoms with Gasteiger partial charge in [0.05, 0.1) is 0 Å². The Morgan fingerprint density at radius 2 is 1.78 bits per heavy atom. The third-order valence-corrected chi connectivity index (χ3v) is 3.80. The highest BCUT2D eigenvalue weighted by Gasteiger charge is 2.23. The molecule has 3 heteroatoms. The predicted octanol–water partition coefficient (Wildman–Crippen LogP) is 4.12. The molecule has 102 valence electrons. The van der Waals surface area contributed by atoms with Gasteiger partial charge in [0.15, 0.2) is 0 Å². The number of benzene rings is 1. The third kappa shape index (κ3) is 4.87. The minimum atomic E-state index is 0.315. The van der Waals surface area contributed by atoms with Crippen LogP contribution in [0.2, 0.25) is 5.02 Å². The van der Waals surface area contributed by atoms with Gasteiger partial charge in [-0.1, -0.05) is 32.4 Å². The van der Waals surface area contributed by atoms with Crippen LogP contribution in [0.1, 0.15) is 27.7 Å². The molecule has 0 spiro atoms. The number of rotatable bonds is 5. The van der Waals surface area contributed by atoms with E-state index in [0.29, 0.717) is 11.5 Å². The van der Waals surface area contributed by atoms with Crippen molar-refractivity contribution < 1.29 is 0 Å². The first-order valence-corrected chi connectivity index (χ1v) is 6.88. The molecule has 0 aliphatic heterocycles. The molecular weight excluding hydrogens is 244 g/mol. The van der Waals surface area contributed by atoms with Crippen LogP contribution in [0.4, 0.5) is 5.69 Å². The van der Waals surface area contributed by atoms with Gasteiger partial charge in [0, 0.05) is 29.8 Å². The van der Waals surface area contributed by atoms with E-state index in [9.17, 15) is 0 Å². The first-order valence-electron chi connectivity index (χ1n) is 6.50. The predicted molar refractivity (Wildman–Crippen MR) is 81.5 cm³/mol. The Hall–Kier alpha value is -0.730. The molecule has 1 rings (SSSR count). The smallest absolute Gasteiger partial charge is 0.0407 e. The molecule has 1 aromatic rings. The lowest BCUT2D eigenvalue weighted by Gasteiger charge is -2.35. The summed E-state index contributed by atoms with van der Waals surface area (Å²) in [7, 11) is 2.18. The normalized spacial score (nSPS) is 13.7. The second-order valence-corrected chi connectivity index (χ2v) is 6.39. The first kappa shape index (κ1) is 15.3. The third-order valence-electron chi connectivity index (χ3n) is 3.55. The van der Waals surface area contributed by atoms with Crippen LogP contribution >= 0.6 is 11.6 Å². The van der Waals surface area contributed by atoms with E-state index in [4.69, 9.17) is 11.6 Å². The van der Waals surface area contributed by atoms with E-state index in [1.807, 2.05) is 24.3 Å². The van der Waals surface area contributed by atoms with Gasteiger partial charge in [-0.25, -0.2) is 0 Å². The molecule has 0 aliphatic rings. The lowest BCUT2D eigenvalue weighted by atomic mass is 9.87. The number of hydrogen-bond acceptors (Lipinski definition) is 2. The standard InChI is InChI=1S/C15H25ClN2/c1-12(15(2,3)4)18(5)11-10-17-14-8-6-13(16)7-9-14/h6-9,12,17H,10-11H2,1-5H3. The summed E-state index contributed by atoms with van der Waals surface area (Å²) >= 11 is 5.85. The monoisotopic (exact) mass is 268 g/mol. The molecule has 2 nitrogen and oxygen atoms in total. The molecule has 18 heavy (non-hydrogen) atoms. The molecular formula is C15H25ClN2. The van der Waals surface area contributed by atoms with Crippen molar-refractivity contribution in [2.75, 3.05) is 25.5 Å². The van der Waals surface area contributed by atoms with Gasteiger partial charge >= 0.3 is 0 Å². The van der Waals surface area contributed by atoms with E-state index in [1.165, 1.54) is 0 Å². The van der Waals surface area contributed by atoms with Crippen molar-refractivity contribution in [2.24, 2.45) is 5.41 Å². The highest BCUT2D eigenvalue weighted by molar-refractivity contribution is 6.30. The Morgan fingerprint density at radius 1 is 1.22 bits per heavy atom. The van der Waals surface area contributed by atoms with Gasteiger partial charge in [0.1, 0.15) is 0 Å². The fraction of sp³-hybridized carbons (Fsp3) is 0.600. The van der Waals surface area contributed by atoms with Gasteiger partial charge in [0.25, 0.3) is 0 Å². The summed E-state index contributed by atoms with van der Waals surface area (Å²) in [4.78, 5) is 2.39. The van der Waals surface area contributed by atoms with E-state index in [1.54, 1.807) is 0 Å². The number of nitrogens with zero attached hydrogens (tertiary/aromatic N) is 1. The summed E-state index contributed by atoms with van der Waals surface area (Å²) in [6, 6.07) is 8.39. The second kappa shape index (κ2) is 6.44. The van der Waals surface area contributed by atoms with Gasteiger partial charge < -0.3 is 10.2 Å². The molecule has 0 aromatic heterocycles. The first-order chi connectivity index (χ1) is 8.30. The fourth-order valence-corrected chi connectivity index (χ4v) is 1.93. The van der Waals surface area contributed by atoms with E-state index in [2.05, 4.69) is 45.0 Å². The Labute approximate surface area is 116 Å². The van der Waals surface area contributed by atoms with Crippen molar-refractivity contribution in [3.05, 3.63) is 29.3 Å². The molecule has 1 atom stereocenters. The van der Waals surface area contributed by atoms with Gasteiger partial charge in [-0.15, -0.1) is 0 Å². The number of nitrogens with one attached hydrogen (secondary N) is 1. The summed E-state index contributed by atoms with van der Waals surface area (Å²) in [5.41, 5.74) is 1.44. The van der Waals surface area contributed by atoms with E-state index in [0.717, 1.165) is 23.8 Å². The SMILES string of the molecule is CC(N(C)CCNc1ccc(Cl)cc1)C(C)(C)C. The van der Waals surface area contributed by atoms with E-state index < -0.39 is 0 Å². The highest BCUT2D eigenvalue weighted by atomic mass is 35.5. The minimum Gasteiger partial charge on any atom is -0.384 e. The lowest BCUT2D eigenvalue weighted by Crippen LogP contribution is -2.41. The zero-order chi connectivity index (χ0) is 13.8. The van der Waals surface area contributed by atoms with Gasteiger partial charge in [-0.3, -0.25) is 0 Å². The van der Waals surface area contributed by atoms with Crippen LogP contribution in [0.25, 0.3) is 0 Å². The van der Waals surface area contributed by atoms with Crippen molar-refractivity contribution in [2.45, 2.75) is 33.7 Å². The lowest BCUT2D eigenvalue weighted by molar-refractivity contribution is 0.146. The summed E-state index contributed by atoms with van der Waals surface area (Å²) in [6.07, 6.45) is 0. The quantitative estimate of drug-likeness (QED) is 0.864. The molecule has 0 fully saturated rings. The van der Waals surface area contributed by atoms with E-state index >= 15 is 0 Å². The summed E-state index contributed by atoms with van der Waals surface area (Å²) < 4.78 is 0. The minimum absolute atomic E-state index is 0.315. The van der Waals surface area contributed by atoms with Crippen molar-refractivity contribution in [1.29, 1.82) is 0 Å². The van der Waals surface area contributed by atoms with Crippen LogP contribution in [0.15, 0.2) is 24.3 Å². The van der Waals surface area contributed by atoms with E-state index in [-0.39, 0.29) is 0 Å².